The molecule has 1 N–H and O–H groups in total. The minimum absolute atomic E-state index is 0.0130. The van der Waals surface area contributed by atoms with Gasteiger partial charge < -0.3 is 14.9 Å². The molecule has 1 aromatic rings. The van der Waals surface area contributed by atoms with Crippen LogP contribution in [0.3, 0.4) is 0 Å². The summed E-state index contributed by atoms with van der Waals surface area (Å²) in [5, 5.41) is 8.76. The van der Waals surface area contributed by atoms with Crippen molar-refractivity contribution in [3.05, 3.63) is 21.3 Å². The molecule has 1 aromatic heterocycles. The molecule has 0 atom stereocenters. The van der Waals surface area contributed by atoms with Gasteiger partial charge >= 0.3 is 12.0 Å². The molecule has 7 heteroatoms. The van der Waals surface area contributed by atoms with E-state index in [4.69, 9.17) is 16.7 Å². The number of hydrogen-bond acceptors (Lipinski definition) is 3. The summed E-state index contributed by atoms with van der Waals surface area (Å²) in [5.41, 5.74) is 0. The molecule has 1 fully saturated rings. The van der Waals surface area contributed by atoms with Crippen molar-refractivity contribution >= 4 is 34.9 Å². The maximum absolute atomic E-state index is 12.4. The first-order chi connectivity index (χ1) is 9.47. The number of aliphatic carboxylic acids is 1. The second-order valence-electron chi connectivity index (χ2n) is 4.91. The summed E-state index contributed by atoms with van der Waals surface area (Å²) in [5.74, 6) is -0.879. The normalized spacial score (nSPS) is 14.1. The quantitative estimate of drug-likeness (QED) is 0.878. The molecule has 2 amide bonds. The fourth-order valence-electron chi connectivity index (χ4n) is 1.99. The first kappa shape index (κ1) is 15.1. The highest BCUT2D eigenvalue weighted by Gasteiger charge is 2.34. The summed E-state index contributed by atoms with van der Waals surface area (Å²) >= 11 is 7.32. The topological polar surface area (TPSA) is 60.9 Å². The molecule has 0 aromatic carbocycles. The average molecular weight is 317 g/mol. The van der Waals surface area contributed by atoms with Crippen LogP contribution in [0, 0.1) is 0 Å². The maximum Gasteiger partial charge on any atom is 0.320 e. The van der Waals surface area contributed by atoms with E-state index >= 15 is 0 Å². The van der Waals surface area contributed by atoms with E-state index in [-0.39, 0.29) is 25.0 Å². The van der Waals surface area contributed by atoms with Crippen LogP contribution in [0.2, 0.25) is 4.34 Å². The summed E-state index contributed by atoms with van der Waals surface area (Å²) in [7, 11) is 1.73. The van der Waals surface area contributed by atoms with Crippen molar-refractivity contribution < 1.29 is 14.7 Å². The van der Waals surface area contributed by atoms with E-state index in [9.17, 15) is 9.59 Å². The third-order valence-corrected chi connectivity index (χ3v) is 4.36. The van der Waals surface area contributed by atoms with Crippen LogP contribution in [0.15, 0.2) is 12.1 Å². The van der Waals surface area contributed by atoms with Crippen LogP contribution in [0.4, 0.5) is 4.79 Å². The zero-order valence-electron chi connectivity index (χ0n) is 11.2. The van der Waals surface area contributed by atoms with Crippen LogP contribution >= 0.6 is 22.9 Å². The number of amides is 2. The second-order valence-corrected chi connectivity index (χ2v) is 6.71. The van der Waals surface area contributed by atoms with E-state index in [0.717, 1.165) is 17.7 Å². The lowest BCUT2D eigenvalue weighted by molar-refractivity contribution is -0.137. The number of urea groups is 1. The van der Waals surface area contributed by atoms with Gasteiger partial charge in [-0.15, -0.1) is 11.3 Å². The standard InChI is InChI=1S/C13H17ClN2O3S/c1-15(8-10-4-5-11(14)20-10)13(19)16(9-2-3-9)7-6-12(17)18/h4-5,9H,2-3,6-8H2,1H3,(H,17,18). The Morgan fingerprint density at radius 1 is 1.45 bits per heavy atom. The van der Waals surface area contributed by atoms with Gasteiger partial charge in [0.15, 0.2) is 0 Å². The molecular weight excluding hydrogens is 300 g/mol. The van der Waals surface area contributed by atoms with Gasteiger partial charge in [0, 0.05) is 24.5 Å². The fraction of sp³-hybridized carbons (Fsp3) is 0.538. The summed E-state index contributed by atoms with van der Waals surface area (Å²) in [4.78, 5) is 27.3. The SMILES string of the molecule is CN(Cc1ccc(Cl)s1)C(=O)N(CCC(=O)O)C1CC1. The van der Waals surface area contributed by atoms with Crippen LogP contribution in [-0.2, 0) is 11.3 Å². The van der Waals surface area contributed by atoms with Crippen molar-refractivity contribution in [1.82, 2.24) is 9.80 Å². The van der Waals surface area contributed by atoms with Crippen molar-refractivity contribution in [2.24, 2.45) is 0 Å². The number of rotatable bonds is 6. The molecule has 0 bridgehead atoms. The highest BCUT2D eigenvalue weighted by Crippen LogP contribution is 2.28. The first-order valence-electron chi connectivity index (χ1n) is 6.45. The predicted molar refractivity (Wildman–Crippen MR) is 78.2 cm³/mol. The lowest BCUT2D eigenvalue weighted by atomic mass is 10.3. The first-order valence-corrected chi connectivity index (χ1v) is 7.64. The zero-order valence-corrected chi connectivity index (χ0v) is 12.8. The lowest BCUT2D eigenvalue weighted by Gasteiger charge is -2.27. The van der Waals surface area contributed by atoms with Crippen LogP contribution in [0.1, 0.15) is 24.1 Å². The van der Waals surface area contributed by atoms with Crippen LogP contribution in [-0.4, -0.2) is 46.5 Å². The van der Waals surface area contributed by atoms with E-state index in [0.29, 0.717) is 10.9 Å². The number of nitrogens with zero attached hydrogens (tertiary/aromatic N) is 2. The zero-order chi connectivity index (χ0) is 14.7. The molecule has 2 rings (SSSR count). The highest BCUT2D eigenvalue weighted by molar-refractivity contribution is 7.16. The molecule has 1 aliphatic carbocycles. The van der Waals surface area contributed by atoms with Crippen molar-refractivity contribution in [3.63, 3.8) is 0 Å². The molecule has 0 saturated heterocycles. The van der Waals surface area contributed by atoms with Crippen LogP contribution < -0.4 is 0 Å². The third-order valence-electron chi connectivity index (χ3n) is 3.15. The molecule has 110 valence electrons. The molecule has 20 heavy (non-hydrogen) atoms. The molecule has 1 saturated carbocycles. The molecule has 1 aliphatic rings. The molecule has 0 unspecified atom stereocenters. The Morgan fingerprint density at radius 3 is 2.65 bits per heavy atom. The van der Waals surface area contributed by atoms with Crippen molar-refractivity contribution in [1.29, 1.82) is 0 Å². The number of halogens is 1. The number of carboxylic acids is 1. The van der Waals surface area contributed by atoms with Gasteiger partial charge in [0.05, 0.1) is 17.3 Å². The van der Waals surface area contributed by atoms with Crippen LogP contribution in [0.25, 0.3) is 0 Å². The third kappa shape index (κ3) is 4.11. The highest BCUT2D eigenvalue weighted by atomic mass is 35.5. The van der Waals surface area contributed by atoms with E-state index in [1.54, 1.807) is 16.8 Å². The Labute approximate surface area is 126 Å². The average Bonchev–Trinajstić information content (AvgIpc) is 3.13. The molecule has 0 radical (unpaired) electrons. The number of carbonyl (C=O) groups is 2. The minimum atomic E-state index is -0.879. The molecule has 5 nitrogen and oxygen atoms in total. The molecule has 1 heterocycles. The van der Waals surface area contributed by atoms with E-state index in [1.165, 1.54) is 11.3 Å². The van der Waals surface area contributed by atoms with Crippen molar-refractivity contribution in [2.45, 2.75) is 31.8 Å². The Kier molecular flexibility index (Phi) is 4.88. The molecular formula is C13H17ClN2O3S. The number of thiophene rings is 1. The summed E-state index contributed by atoms with van der Waals surface area (Å²) < 4.78 is 0.700. The van der Waals surface area contributed by atoms with Gasteiger partial charge in [-0.25, -0.2) is 4.79 Å². The minimum Gasteiger partial charge on any atom is -0.481 e. The number of hydrogen-bond donors (Lipinski definition) is 1. The predicted octanol–water partition coefficient (Wildman–Crippen LogP) is 2.89. The van der Waals surface area contributed by atoms with Crippen molar-refractivity contribution in [2.75, 3.05) is 13.6 Å². The monoisotopic (exact) mass is 316 g/mol. The Hall–Kier alpha value is -1.27. The van der Waals surface area contributed by atoms with Gasteiger partial charge in [-0.1, -0.05) is 11.6 Å². The smallest absolute Gasteiger partial charge is 0.320 e. The van der Waals surface area contributed by atoms with E-state index < -0.39 is 5.97 Å². The Balaban J connectivity index is 1.93. The van der Waals surface area contributed by atoms with E-state index in [1.807, 2.05) is 12.1 Å². The Bertz CT molecular complexity index is 502. The van der Waals surface area contributed by atoms with E-state index in [2.05, 4.69) is 0 Å². The van der Waals surface area contributed by atoms with Gasteiger partial charge in [0.1, 0.15) is 0 Å². The lowest BCUT2D eigenvalue weighted by Crippen LogP contribution is -2.43. The maximum atomic E-state index is 12.4. The number of carboxylic acid groups (broad SMARTS) is 1. The summed E-state index contributed by atoms with van der Waals surface area (Å²) in [6.07, 6.45) is 1.91. The second kappa shape index (κ2) is 6.45. The van der Waals surface area contributed by atoms with Gasteiger partial charge in [0.2, 0.25) is 0 Å². The fourth-order valence-corrected chi connectivity index (χ4v) is 3.14. The van der Waals surface area contributed by atoms with Crippen molar-refractivity contribution in [3.8, 4) is 0 Å². The molecule has 0 spiro atoms. The van der Waals surface area contributed by atoms with Crippen LogP contribution in [0.5, 0.6) is 0 Å². The largest absolute Gasteiger partial charge is 0.481 e. The molecule has 0 aliphatic heterocycles. The van der Waals surface area contributed by atoms with Gasteiger partial charge in [-0.2, -0.15) is 0 Å². The summed E-state index contributed by atoms with van der Waals surface area (Å²) in [6.45, 7) is 0.765. The summed E-state index contributed by atoms with van der Waals surface area (Å²) in [6, 6.07) is 3.80. The number of carbonyl (C=O) groups excluding carboxylic acids is 1. The van der Waals surface area contributed by atoms with Gasteiger partial charge in [-0.3, -0.25) is 4.79 Å². The van der Waals surface area contributed by atoms with Gasteiger partial charge in [0.25, 0.3) is 0 Å². The van der Waals surface area contributed by atoms with Gasteiger partial charge in [-0.05, 0) is 25.0 Å². The Morgan fingerprint density at radius 2 is 2.15 bits per heavy atom.